The Bertz CT molecular complexity index is 465. The molecule has 0 aromatic rings. The number of rotatable bonds is 18. The summed E-state index contributed by atoms with van der Waals surface area (Å²) in [5.74, 6) is -0.832. The van der Waals surface area contributed by atoms with Gasteiger partial charge in [-0.05, 0) is 45.4 Å². The topological polar surface area (TPSA) is 52.6 Å². The van der Waals surface area contributed by atoms with Crippen LogP contribution in [-0.2, 0) is 19.1 Å². The highest BCUT2D eigenvalue weighted by Gasteiger charge is 2.27. The molecule has 0 aromatic carbocycles. The molecule has 0 amide bonds. The lowest BCUT2D eigenvalue weighted by Crippen LogP contribution is -2.33. The number of ether oxygens (including phenoxy) is 2. The van der Waals surface area contributed by atoms with Gasteiger partial charge in [0.1, 0.15) is 0 Å². The normalized spacial score (nSPS) is 12.7. The van der Waals surface area contributed by atoms with Gasteiger partial charge < -0.3 is 9.47 Å². The van der Waals surface area contributed by atoms with E-state index in [4.69, 9.17) is 9.47 Å². The van der Waals surface area contributed by atoms with Gasteiger partial charge in [0.05, 0.1) is 6.61 Å². The molecule has 168 valence electrons. The summed E-state index contributed by atoms with van der Waals surface area (Å²) in [5, 5.41) is 0. The predicted octanol–water partition coefficient (Wildman–Crippen LogP) is 6.93. The Morgan fingerprint density at radius 2 is 1.38 bits per heavy atom. The Balaban J connectivity index is 3.65. The zero-order valence-electron chi connectivity index (χ0n) is 19.3. The van der Waals surface area contributed by atoms with Crippen molar-refractivity contribution in [1.29, 1.82) is 0 Å². The van der Waals surface area contributed by atoms with Crippen molar-refractivity contribution in [2.45, 2.75) is 111 Å². The molecule has 0 spiro atoms. The quantitative estimate of drug-likeness (QED) is 0.140. The van der Waals surface area contributed by atoms with E-state index in [9.17, 15) is 9.59 Å². The molecule has 0 heterocycles. The molecule has 0 aliphatic heterocycles. The van der Waals surface area contributed by atoms with Crippen LogP contribution in [0.3, 0.4) is 0 Å². The lowest BCUT2D eigenvalue weighted by molar-refractivity contribution is -0.170. The van der Waals surface area contributed by atoms with Gasteiger partial charge in [-0.3, -0.25) is 4.79 Å². The second kappa shape index (κ2) is 19.7. The minimum Gasteiger partial charge on any atom is -0.463 e. The smallest absolute Gasteiger partial charge is 0.347 e. The highest BCUT2D eigenvalue weighted by molar-refractivity contribution is 5.79. The Morgan fingerprint density at radius 1 is 0.793 bits per heavy atom. The van der Waals surface area contributed by atoms with Crippen molar-refractivity contribution in [1.82, 2.24) is 0 Å². The van der Waals surface area contributed by atoms with Crippen molar-refractivity contribution in [2.24, 2.45) is 5.92 Å². The lowest BCUT2D eigenvalue weighted by atomic mass is 10.1. The molecule has 0 N–H and O–H groups in total. The fourth-order valence-corrected chi connectivity index (χ4v) is 2.96. The van der Waals surface area contributed by atoms with Gasteiger partial charge in [0, 0.05) is 12.3 Å². The highest BCUT2D eigenvalue weighted by atomic mass is 16.6. The van der Waals surface area contributed by atoms with E-state index < -0.39 is 12.1 Å². The van der Waals surface area contributed by atoms with Crippen LogP contribution in [0, 0.1) is 5.92 Å². The van der Waals surface area contributed by atoms with E-state index in [0.717, 1.165) is 32.1 Å². The molecule has 0 aliphatic rings. The van der Waals surface area contributed by atoms with Gasteiger partial charge in [0.15, 0.2) is 0 Å². The minimum absolute atomic E-state index is 0.0809. The van der Waals surface area contributed by atoms with Gasteiger partial charge in [0.25, 0.3) is 0 Å². The first-order valence-electron chi connectivity index (χ1n) is 11.7. The predicted molar refractivity (Wildman–Crippen MR) is 121 cm³/mol. The maximum absolute atomic E-state index is 12.0. The maximum Gasteiger partial charge on any atom is 0.347 e. The van der Waals surface area contributed by atoms with Crippen LogP contribution in [-0.4, -0.2) is 24.6 Å². The van der Waals surface area contributed by atoms with Crippen molar-refractivity contribution in [3.8, 4) is 0 Å². The van der Waals surface area contributed by atoms with Crippen molar-refractivity contribution < 1.29 is 19.1 Å². The van der Waals surface area contributed by atoms with Gasteiger partial charge >= 0.3 is 11.9 Å². The first-order valence-corrected chi connectivity index (χ1v) is 11.7. The molecule has 0 saturated heterocycles. The molecule has 1 atom stereocenters. The fourth-order valence-electron chi connectivity index (χ4n) is 2.96. The molecule has 29 heavy (non-hydrogen) atoms. The first kappa shape index (κ1) is 27.4. The van der Waals surface area contributed by atoms with Crippen LogP contribution in [0.25, 0.3) is 0 Å². The Morgan fingerprint density at radius 3 is 1.97 bits per heavy atom. The summed E-state index contributed by atoms with van der Waals surface area (Å²) < 4.78 is 10.3. The molecule has 0 saturated carbocycles. The molecule has 0 aromatic heterocycles. The summed E-state index contributed by atoms with van der Waals surface area (Å²) in [6.07, 6.45) is 21.3. The summed E-state index contributed by atoms with van der Waals surface area (Å²) in [6, 6.07) is 0. The number of carbonyl (C=O) groups excluding carboxylic acids is 2. The van der Waals surface area contributed by atoms with E-state index >= 15 is 0 Å². The fraction of sp³-hybridized carbons (Fsp3) is 0.760. The number of unbranched alkanes of at least 4 members (excludes halogenated alkanes) is 8. The van der Waals surface area contributed by atoms with E-state index in [1.165, 1.54) is 38.5 Å². The van der Waals surface area contributed by atoms with Gasteiger partial charge in [-0.15, -0.1) is 0 Å². The van der Waals surface area contributed by atoms with Crippen LogP contribution in [0.15, 0.2) is 24.3 Å². The van der Waals surface area contributed by atoms with Crippen molar-refractivity contribution >= 4 is 11.9 Å². The first-order chi connectivity index (χ1) is 14.0. The number of esters is 2. The van der Waals surface area contributed by atoms with E-state index in [2.05, 4.69) is 31.2 Å². The average Bonchev–Trinajstić information content (AvgIpc) is 2.69. The molecule has 0 bridgehead atoms. The standard InChI is InChI=1S/C25H44O4/c1-5-7-8-9-10-11-12-13-14-15-16-17-18-19-20-21-23(26)29-24(22(3)4)25(27)28-6-2/h10-11,13-14,22,24H,5-9,12,15-21H2,1-4H3/b11-10-,14-13-. The third-order valence-corrected chi connectivity index (χ3v) is 4.71. The van der Waals surface area contributed by atoms with Crippen LogP contribution in [0.2, 0.25) is 0 Å². The van der Waals surface area contributed by atoms with Crippen molar-refractivity contribution in [2.75, 3.05) is 6.61 Å². The monoisotopic (exact) mass is 408 g/mol. The van der Waals surface area contributed by atoms with Crippen LogP contribution >= 0.6 is 0 Å². The number of hydrogen-bond acceptors (Lipinski definition) is 4. The van der Waals surface area contributed by atoms with Gasteiger partial charge in [-0.25, -0.2) is 4.79 Å². The highest BCUT2D eigenvalue weighted by Crippen LogP contribution is 2.13. The van der Waals surface area contributed by atoms with Crippen LogP contribution in [0.5, 0.6) is 0 Å². The van der Waals surface area contributed by atoms with Crippen molar-refractivity contribution in [3.05, 3.63) is 24.3 Å². The van der Waals surface area contributed by atoms with E-state index in [0.29, 0.717) is 13.0 Å². The second-order valence-corrected chi connectivity index (χ2v) is 7.89. The SMILES string of the molecule is CCCCC/C=C\C/C=C\CCCCCCCC(=O)OC(C(=O)OCC)C(C)C. The zero-order chi connectivity index (χ0) is 21.7. The Labute approximate surface area is 179 Å². The van der Waals surface area contributed by atoms with Gasteiger partial charge in [0.2, 0.25) is 6.10 Å². The van der Waals surface area contributed by atoms with Crippen molar-refractivity contribution in [3.63, 3.8) is 0 Å². The third kappa shape index (κ3) is 17.0. The maximum atomic E-state index is 12.0. The molecule has 0 aliphatic carbocycles. The zero-order valence-corrected chi connectivity index (χ0v) is 19.3. The summed E-state index contributed by atoms with van der Waals surface area (Å²) >= 11 is 0. The number of allylic oxidation sites excluding steroid dienone is 4. The summed E-state index contributed by atoms with van der Waals surface area (Å²) in [7, 11) is 0. The molecule has 4 nitrogen and oxygen atoms in total. The van der Waals surface area contributed by atoms with Gasteiger partial charge in [-0.2, -0.15) is 0 Å². The molecule has 1 unspecified atom stereocenters. The van der Waals surface area contributed by atoms with Crippen LogP contribution in [0.4, 0.5) is 0 Å². The van der Waals surface area contributed by atoms with E-state index in [1.807, 2.05) is 13.8 Å². The van der Waals surface area contributed by atoms with E-state index in [1.54, 1.807) is 6.92 Å². The average molecular weight is 409 g/mol. The van der Waals surface area contributed by atoms with Crippen LogP contribution in [0.1, 0.15) is 105 Å². The third-order valence-electron chi connectivity index (χ3n) is 4.71. The number of hydrogen-bond donors (Lipinski definition) is 0. The van der Waals surface area contributed by atoms with Gasteiger partial charge in [-0.1, -0.05) is 77.2 Å². The largest absolute Gasteiger partial charge is 0.463 e. The molecule has 0 rings (SSSR count). The van der Waals surface area contributed by atoms with E-state index in [-0.39, 0.29) is 11.9 Å². The molecule has 4 heteroatoms. The Kier molecular flexibility index (Phi) is 18.6. The molecular weight excluding hydrogens is 364 g/mol. The summed E-state index contributed by atoms with van der Waals surface area (Å²) in [6.45, 7) is 7.99. The lowest BCUT2D eigenvalue weighted by Gasteiger charge is -2.19. The molecule has 0 fully saturated rings. The van der Waals surface area contributed by atoms with Crippen LogP contribution < -0.4 is 0 Å². The second-order valence-electron chi connectivity index (χ2n) is 7.89. The summed E-state index contributed by atoms with van der Waals surface area (Å²) in [4.78, 5) is 23.8. The Hall–Kier alpha value is -1.58. The summed E-state index contributed by atoms with van der Waals surface area (Å²) in [5.41, 5.74) is 0. The molecule has 0 radical (unpaired) electrons. The molecular formula is C25H44O4. The minimum atomic E-state index is -0.791. The number of carbonyl (C=O) groups is 2.